The number of benzene rings is 1. The number of carbonyl (C=O) groups excluding carboxylic acids is 1. The minimum atomic E-state index is 0.105. The highest BCUT2D eigenvalue weighted by molar-refractivity contribution is 9.09. The van der Waals surface area contributed by atoms with Gasteiger partial charge in [0, 0.05) is 5.56 Å². The minimum Gasteiger partial charge on any atom is -0.496 e. The van der Waals surface area contributed by atoms with Crippen molar-refractivity contribution in [2.45, 2.75) is 13.8 Å². The Morgan fingerprint density at radius 1 is 1.36 bits per heavy atom. The zero-order valence-electron chi connectivity index (χ0n) is 8.56. The van der Waals surface area contributed by atoms with Crippen molar-refractivity contribution in [2.75, 3.05) is 12.4 Å². The van der Waals surface area contributed by atoms with Gasteiger partial charge in [0.05, 0.1) is 12.4 Å². The maximum atomic E-state index is 11.5. The van der Waals surface area contributed by atoms with Crippen molar-refractivity contribution in [1.29, 1.82) is 0 Å². The molecule has 3 heteroatoms. The number of rotatable bonds is 3. The number of halogens is 1. The van der Waals surface area contributed by atoms with Gasteiger partial charge in [0.1, 0.15) is 5.75 Å². The molecule has 0 aliphatic rings. The number of ketones is 1. The topological polar surface area (TPSA) is 26.3 Å². The first kappa shape index (κ1) is 11.2. The average Bonchev–Trinajstić information content (AvgIpc) is 2.19. The van der Waals surface area contributed by atoms with Crippen molar-refractivity contribution in [3.63, 3.8) is 0 Å². The fourth-order valence-corrected chi connectivity index (χ4v) is 1.68. The first-order chi connectivity index (χ1) is 6.60. The second-order valence-electron chi connectivity index (χ2n) is 3.19. The van der Waals surface area contributed by atoms with Crippen LogP contribution >= 0.6 is 15.9 Å². The Labute approximate surface area is 92.4 Å². The summed E-state index contributed by atoms with van der Waals surface area (Å²) in [5.74, 6) is 0.932. The van der Waals surface area contributed by atoms with Crippen LogP contribution in [0.3, 0.4) is 0 Å². The molecule has 0 bridgehead atoms. The molecule has 0 spiro atoms. The van der Waals surface area contributed by atoms with Gasteiger partial charge in [-0.3, -0.25) is 4.79 Å². The van der Waals surface area contributed by atoms with Crippen LogP contribution < -0.4 is 4.74 Å². The lowest BCUT2D eigenvalue weighted by Crippen LogP contribution is -2.04. The molecule has 0 radical (unpaired) electrons. The van der Waals surface area contributed by atoms with Crippen molar-refractivity contribution in [3.8, 4) is 5.75 Å². The molecule has 0 saturated heterocycles. The highest BCUT2D eigenvalue weighted by atomic mass is 79.9. The van der Waals surface area contributed by atoms with Crippen LogP contribution in [0.15, 0.2) is 12.1 Å². The lowest BCUT2D eigenvalue weighted by Gasteiger charge is -2.09. The third kappa shape index (κ3) is 2.15. The second kappa shape index (κ2) is 4.60. The zero-order chi connectivity index (χ0) is 10.7. The Morgan fingerprint density at radius 3 is 2.50 bits per heavy atom. The van der Waals surface area contributed by atoms with Crippen LogP contribution in [0.5, 0.6) is 5.75 Å². The highest BCUT2D eigenvalue weighted by Gasteiger charge is 2.10. The molecule has 0 heterocycles. The molecule has 14 heavy (non-hydrogen) atoms. The Bertz CT molecular complexity index is 359. The predicted molar refractivity (Wildman–Crippen MR) is 60.6 cm³/mol. The van der Waals surface area contributed by atoms with E-state index in [0.29, 0.717) is 5.33 Å². The normalized spacial score (nSPS) is 10.0. The molecule has 0 aromatic heterocycles. The van der Waals surface area contributed by atoms with Crippen LogP contribution in [-0.4, -0.2) is 18.2 Å². The molecule has 1 aromatic rings. The summed E-state index contributed by atoms with van der Waals surface area (Å²) >= 11 is 3.17. The number of hydrogen-bond donors (Lipinski definition) is 0. The summed E-state index contributed by atoms with van der Waals surface area (Å²) in [5.41, 5.74) is 2.71. The van der Waals surface area contributed by atoms with Crippen molar-refractivity contribution < 1.29 is 9.53 Å². The van der Waals surface area contributed by atoms with Gasteiger partial charge in [0.25, 0.3) is 0 Å². The summed E-state index contributed by atoms with van der Waals surface area (Å²) in [6, 6.07) is 3.77. The van der Waals surface area contributed by atoms with Gasteiger partial charge in [-0.25, -0.2) is 0 Å². The van der Waals surface area contributed by atoms with Crippen molar-refractivity contribution in [3.05, 3.63) is 28.8 Å². The van der Waals surface area contributed by atoms with Gasteiger partial charge in [-0.05, 0) is 37.1 Å². The third-order valence-corrected chi connectivity index (χ3v) is 2.67. The Balaban J connectivity index is 3.21. The number of alkyl halides is 1. The largest absolute Gasteiger partial charge is 0.496 e. The van der Waals surface area contributed by atoms with E-state index in [9.17, 15) is 4.79 Å². The van der Waals surface area contributed by atoms with Crippen molar-refractivity contribution in [1.82, 2.24) is 0 Å². The van der Waals surface area contributed by atoms with E-state index in [1.54, 1.807) is 7.11 Å². The molecule has 0 saturated carbocycles. The highest BCUT2D eigenvalue weighted by Crippen LogP contribution is 2.22. The van der Waals surface area contributed by atoms with Gasteiger partial charge in [-0.2, -0.15) is 0 Å². The van der Waals surface area contributed by atoms with E-state index in [1.165, 1.54) is 0 Å². The van der Waals surface area contributed by atoms with Gasteiger partial charge in [0.2, 0.25) is 0 Å². The lowest BCUT2D eigenvalue weighted by atomic mass is 10.0. The van der Waals surface area contributed by atoms with Crippen molar-refractivity contribution in [2.24, 2.45) is 0 Å². The molecular formula is C11H13BrO2. The number of hydrogen-bond acceptors (Lipinski definition) is 2. The predicted octanol–water partition coefficient (Wildman–Crippen LogP) is 2.89. The van der Waals surface area contributed by atoms with E-state index < -0.39 is 0 Å². The summed E-state index contributed by atoms with van der Waals surface area (Å²) in [5, 5.41) is 0.361. The molecule has 0 aliphatic heterocycles. The van der Waals surface area contributed by atoms with Gasteiger partial charge >= 0.3 is 0 Å². The molecule has 0 fully saturated rings. The maximum absolute atomic E-state index is 11.5. The summed E-state index contributed by atoms with van der Waals surface area (Å²) in [4.78, 5) is 11.5. The summed E-state index contributed by atoms with van der Waals surface area (Å²) in [6.07, 6.45) is 0. The van der Waals surface area contributed by atoms with Crippen molar-refractivity contribution >= 4 is 21.7 Å². The van der Waals surface area contributed by atoms with E-state index >= 15 is 0 Å². The van der Waals surface area contributed by atoms with Gasteiger partial charge in [-0.1, -0.05) is 15.9 Å². The molecule has 0 amide bonds. The van der Waals surface area contributed by atoms with E-state index in [2.05, 4.69) is 15.9 Å². The van der Waals surface area contributed by atoms with E-state index in [1.807, 2.05) is 26.0 Å². The molecule has 0 N–H and O–H groups in total. The Kier molecular flexibility index (Phi) is 3.69. The standard InChI is InChI=1S/C11H13BrO2/c1-7-5-11(14-3)8(2)4-9(7)10(13)6-12/h4-5H,6H2,1-3H3. The first-order valence-electron chi connectivity index (χ1n) is 4.34. The van der Waals surface area contributed by atoms with Crippen LogP contribution in [0.1, 0.15) is 21.5 Å². The SMILES string of the molecule is COc1cc(C)c(C(=O)CBr)cc1C. The second-order valence-corrected chi connectivity index (χ2v) is 3.75. The molecule has 0 atom stereocenters. The smallest absolute Gasteiger partial charge is 0.173 e. The Hall–Kier alpha value is -0.830. The molecule has 2 nitrogen and oxygen atoms in total. The summed E-state index contributed by atoms with van der Waals surface area (Å²) in [7, 11) is 1.63. The van der Waals surface area contributed by atoms with Gasteiger partial charge in [0.15, 0.2) is 5.78 Å². The Morgan fingerprint density at radius 2 is 2.00 bits per heavy atom. The molecule has 1 rings (SSSR count). The fourth-order valence-electron chi connectivity index (χ4n) is 1.38. The fraction of sp³-hybridized carbons (Fsp3) is 0.364. The van der Waals surface area contributed by atoms with Crippen LogP contribution in [-0.2, 0) is 0 Å². The number of Topliss-reactive ketones (excluding diaryl/α,β-unsaturated/α-hetero) is 1. The van der Waals surface area contributed by atoms with Gasteiger partial charge < -0.3 is 4.74 Å². The number of aryl methyl sites for hydroxylation is 2. The number of methoxy groups -OCH3 is 1. The van der Waals surface area contributed by atoms with Crippen LogP contribution in [0.4, 0.5) is 0 Å². The third-order valence-electron chi connectivity index (χ3n) is 2.16. The van der Waals surface area contributed by atoms with Gasteiger partial charge in [-0.15, -0.1) is 0 Å². The number of ether oxygens (including phenoxy) is 1. The minimum absolute atomic E-state index is 0.105. The monoisotopic (exact) mass is 256 g/mol. The van der Waals surface area contributed by atoms with Crippen LogP contribution in [0, 0.1) is 13.8 Å². The quantitative estimate of drug-likeness (QED) is 0.614. The zero-order valence-corrected chi connectivity index (χ0v) is 10.1. The van der Waals surface area contributed by atoms with E-state index in [-0.39, 0.29) is 5.78 Å². The molecule has 1 aromatic carbocycles. The van der Waals surface area contributed by atoms with E-state index in [0.717, 1.165) is 22.4 Å². The van der Waals surface area contributed by atoms with E-state index in [4.69, 9.17) is 4.74 Å². The summed E-state index contributed by atoms with van der Waals surface area (Å²) in [6.45, 7) is 3.85. The molecular weight excluding hydrogens is 244 g/mol. The maximum Gasteiger partial charge on any atom is 0.173 e. The molecule has 0 aliphatic carbocycles. The molecule has 76 valence electrons. The first-order valence-corrected chi connectivity index (χ1v) is 5.46. The van der Waals surface area contributed by atoms with Crippen LogP contribution in [0.2, 0.25) is 0 Å². The summed E-state index contributed by atoms with van der Waals surface area (Å²) < 4.78 is 5.17. The number of carbonyl (C=O) groups is 1. The lowest BCUT2D eigenvalue weighted by molar-refractivity contribution is 0.102. The average molecular weight is 257 g/mol. The van der Waals surface area contributed by atoms with Crippen LogP contribution in [0.25, 0.3) is 0 Å². The molecule has 0 unspecified atom stereocenters.